The van der Waals surface area contributed by atoms with Crippen LogP contribution in [0, 0.1) is 41.7 Å². The zero-order chi connectivity index (χ0) is 14.4. The molecule has 1 unspecified atom stereocenters. The summed E-state index contributed by atoms with van der Waals surface area (Å²) in [5.74, 6) is -2.75. The van der Waals surface area contributed by atoms with Gasteiger partial charge in [-0.1, -0.05) is 4.32 Å². The van der Waals surface area contributed by atoms with Crippen molar-refractivity contribution in [2.75, 3.05) is 0 Å². The molecule has 0 aliphatic heterocycles. The first-order chi connectivity index (χ1) is 7.68. The van der Waals surface area contributed by atoms with Crippen LogP contribution in [-0.4, -0.2) is 28.8 Å². The van der Waals surface area contributed by atoms with Crippen LogP contribution in [0.1, 0.15) is 12.8 Å². The van der Waals surface area contributed by atoms with Crippen LogP contribution in [0.2, 0.25) is 0 Å². The molecule has 11 heteroatoms. The molecule has 8 nitrogen and oxygen atoms in total. The first-order valence-electron chi connectivity index (χ1n) is 3.87. The minimum absolute atomic E-state index is 0. The van der Waals surface area contributed by atoms with Gasteiger partial charge in [-0.2, -0.15) is 0 Å². The van der Waals surface area contributed by atoms with Gasteiger partial charge in [-0.3, -0.25) is 0 Å². The van der Waals surface area contributed by atoms with E-state index in [4.69, 9.17) is 15.6 Å². The molecule has 0 aromatic heterocycles. The molecule has 0 aromatic carbocycles. The fraction of sp³-hybridized carbons (Fsp3) is 0.429. The summed E-state index contributed by atoms with van der Waals surface area (Å²) in [5, 5.41) is 27.9. The van der Waals surface area contributed by atoms with Crippen molar-refractivity contribution in [1.82, 2.24) is 0 Å². The minimum atomic E-state index is -1.44. The average molecular weight is 422 g/mol. The van der Waals surface area contributed by atoms with E-state index in [9.17, 15) is 19.8 Å². The zero-order valence-corrected chi connectivity index (χ0v) is 13.8. The molecule has 0 aliphatic carbocycles. The SMILES string of the molecule is NC(=S)[S-].NC(CCC(=O)[O-])C(=O)[O-].O=C[O-].[Ce+4]. The van der Waals surface area contributed by atoms with Crippen molar-refractivity contribution >= 4 is 47.6 Å². The molecule has 4 N–H and O–H groups in total. The Kier molecular flexibility index (Phi) is 28.2. The van der Waals surface area contributed by atoms with E-state index in [2.05, 4.69) is 30.6 Å². The van der Waals surface area contributed by atoms with Gasteiger partial charge in [0.2, 0.25) is 0 Å². The topological polar surface area (TPSA) is 172 Å². The molecule has 0 radical (unpaired) electrons. The van der Waals surface area contributed by atoms with Gasteiger partial charge in [0.15, 0.2) is 0 Å². The van der Waals surface area contributed by atoms with E-state index >= 15 is 0 Å². The molecule has 1 atom stereocenters. The van der Waals surface area contributed by atoms with Crippen LogP contribution >= 0.6 is 12.2 Å². The van der Waals surface area contributed by atoms with Gasteiger partial charge in [0.25, 0.3) is 0 Å². The van der Waals surface area contributed by atoms with Crippen LogP contribution in [-0.2, 0) is 27.0 Å². The Labute approximate surface area is 148 Å². The fourth-order valence-electron chi connectivity index (χ4n) is 0.391. The third kappa shape index (κ3) is 44.6. The molecule has 0 bridgehead atoms. The third-order valence-corrected chi connectivity index (χ3v) is 0.962. The Morgan fingerprint density at radius 3 is 1.83 bits per heavy atom. The normalized spacial score (nSPS) is 8.94. The van der Waals surface area contributed by atoms with Gasteiger partial charge in [-0.15, -0.1) is 0 Å². The molecule has 0 heterocycles. The number of hydrogen-bond acceptors (Lipinski definition) is 9. The van der Waals surface area contributed by atoms with Crippen molar-refractivity contribution in [3.8, 4) is 0 Å². The molecule has 0 aromatic rings. The summed E-state index contributed by atoms with van der Waals surface area (Å²) in [5.41, 5.74) is 9.57. The summed E-state index contributed by atoms with van der Waals surface area (Å²) in [6.45, 7) is -0.500. The fourth-order valence-corrected chi connectivity index (χ4v) is 0.391. The summed E-state index contributed by atoms with van der Waals surface area (Å²) in [6.07, 6.45) is -0.500. The standard InChI is InChI=1S/C5H9NO4.CH3NS2.CH2O2.Ce/c6-3(5(9)10)1-2-4(7)8;2-1(3)4;2-1-3;/h3H,1-2,6H2,(H,7,8)(H,9,10);(H3,2,3,4);1H,(H,2,3);/q;;;+4/p-4. The number of carbonyl (C=O) groups is 3. The van der Waals surface area contributed by atoms with E-state index in [1.165, 1.54) is 0 Å². The predicted molar refractivity (Wildman–Crippen MR) is 57.4 cm³/mol. The molecule has 0 aliphatic rings. The Morgan fingerprint density at radius 2 is 1.67 bits per heavy atom. The minimum Gasteiger partial charge on any atom is -0.554 e. The van der Waals surface area contributed by atoms with Crippen LogP contribution in [0.4, 0.5) is 0 Å². The van der Waals surface area contributed by atoms with Crippen LogP contribution < -0.4 is 26.8 Å². The van der Waals surface area contributed by atoms with Crippen LogP contribution in [0.15, 0.2) is 0 Å². The number of carbonyl (C=O) groups excluding carboxylic acids is 3. The van der Waals surface area contributed by atoms with Crippen molar-refractivity contribution in [2.45, 2.75) is 18.9 Å². The van der Waals surface area contributed by atoms with Gasteiger partial charge in [0.1, 0.15) is 0 Å². The number of carboxylic acid groups (broad SMARTS) is 3. The Morgan fingerprint density at radius 1 is 1.39 bits per heavy atom. The van der Waals surface area contributed by atoms with Crippen LogP contribution in [0.3, 0.4) is 0 Å². The number of nitrogens with two attached hydrogens (primary N) is 2. The summed E-state index contributed by atoms with van der Waals surface area (Å²) in [7, 11) is 0. The Hall–Kier alpha value is -0.143. The van der Waals surface area contributed by atoms with Gasteiger partial charge in [-0.25, -0.2) is 0 Å². The van der Waals surface area contributed by atoms with Crippen LogP contribution in [0.25, 0.3) is 0 Å². The monoisotopic (exact) mass is 422 g/mol. The second-order valence-corrected chi connectivity index (χ2v) is 3.39. The molecule has 0 saturated carbocycles. The predicted octanol–water partition coefficient (Wildman–Crippen LogP) is -5.26. The largest absolute Gasteiger partial charge is 4.00 e. The molecule has 0 fully saturated rings. The number of hydrogen-bond donors (Lipinski definition) is 2. The van der Waals surface area contributed by atoms with Crippen molar-refractivity contribution in [1.29, 1.82) is 0 Å². The molecule has 18 heavy (non-hydrogen) atoms. The summed E-state index contributed by atoms with van der Waals surface area (Å²) >= 11 is 8.26. The molecule has 0 saturated heterocycles. The molecule has 100 valence electrons. The smallest absolute Gasteiger partial charge is 0.554 e. The van der Waals surface area contributed by atoms with E-state index in [0.29, 0.717) is 0 Å². The van der Waals surface area contributed by atoms with Crippen LogP contribution in [0.5, 0.6) is 0 Å². The second-order valence-electron chi connectivity index (χ2n) is 2.25. The van der Waals surface area contributed by atoms with Crippen molar-refractivity contribution < 1.29 is 71.5 Å². The first kappa shape index (κ1) is 26.4. The zero-order valence-electron chi connectivity index (χ0n) is 8.99. The average Bonchev–Trinajstić information content (AvgIpc) is 2.14. The number of rotatable bonds is 4. The summed E-state index contributed by atoms with van der Waals surface area (Å²) < 4.78 is 0.0833. The third-order valence-electron chi connectivity index (χ3n) is 0.962. The van der Waals surface area contributed by atoms with Gasteiger partial charge in [0, 0.05) is 18.5 Å². The van der Waals surface area contributed by atoms with E-state index in [-0.39, 0.29) is 58.9 Å². The van der Waals surface area contributed by atoms with Crippen molar-refractivity contribution in [2.24, 2.45) is 11.5 Å². The number of aliphatic carboxylic acids is 2. The summed E-state index contributed by atoms with van der Waals surface area (Å²) in [6, 6.07) is -1.21. The summed E-state index contributed by atoms with van der Waals surface area (Å²) in [4.78, 5) is 27.9. The maximum Gasteiger partial charge on any atom is 4.00 e. The maximum absolute atomic E-state index is 9.86. The molecular weight excluding hydrogens is 412 g/mol. The maximum atomic E-state index is 9.86. The van der Waals surface area contributed by atoms with E-state index in [1.807, 2.05) is 0 Å². The molecule has 0 amide bonds. The van der Waals surface area contributed by atoms with Gasteiger partial charge >= 0.3 is 41.7 Å². The number of carboxylic acids is 2. The quantitative estimate of drug-likeness (QED) is 0.253. The molecule has 0 spiro atoms. The first-order valence-corrected chi connectivity index (χ1v) is 4.69. The Balaban J connectivity index is -0.000000103. The second kappa shape index (κ2) is 19.2. The van der Waals surface area contributed by atoms with Crippen molar-refractivity contribution in [3.05, 3.63) is 0 Å². The molecular formula is C7H10CeN2O6S2. The Bertz CT molecular complexity index is 262. The van der Waals surface area contributed by atoms with E-state index in [0.717, 1.165) is 0 Å². The number of thiocarbonyl (C=S) groups is 1. The van der Waals surface area contributed by atoms with Gasteiger partial charge < -0.3 is 66.0 Å². The van der Waals surface area contributed by atoms with Gasteiger partial charge in [-0.05, 0) is 12.8 Å². The van der Waals surface area contributed by atoms with Crippen molar-refractivity contribution in [3.63, 3.8) is 0 Å². The van der Waals surface area contributed by atoms with E-state index in [1.54, 1.807) is 0 Å². The molecule has 0 rings (SSSR count). The van der Waals surface area contributed by atoms with Gasteiger partial charge in [0.05, 0.1) is 5.97 Å². The van der Waals surface area contributed by atoms with E-state index < -0.39 is 24.5 Å².